The van der Waals surface area contributed by atoms with E-state index in [4.69, 9.17) is 48.5 Å². The van der Waals surface area contributed by atoms with Crippen LogP contribution in [0.1, 0.15) is 74.9 Å². The van der Waals surface area contributed by atoms with Gasteiger partial charge in [-0.2, -0.15) is 9.79 Å². The summed E-state index contributed by atoms with van der Waals surface area (Å²) in [5.74, 6) is 0. The summed E-state index contributed by atoms with van der Waals surface area (Å²) in [7, 11) is 13.4. The van der Waals surface area contributed by atoms with Crippen molar-refractivity contribution in [3.63, 3.8) is 0 Å². The number of fused-ring (bicyclic) bond motifs is 4. The van der Waals surface area contributed by atoms with E-state index in [0.717, 1.165) is 88.3 Å². The number of hydrogen-bond acceptors (Lipinski definition) is 8. The first-order chi connectivity index (χ1) is 22.7. The van der Waals surface area contributed by atoms with Crippen molar-refractivity contribution in [2.75, 3.05) is 100.0 Å². The molecule has 1 heterocycles. The van der Waals surface area contributed by atoms with Crippen LogP contribution >= 0.6 is 23.2 Å². The average Bonchev–Trinajstić information content (AvgIpc) is 2.99. The van der Waals surface area contributed by atoms with Crippen LogP contribution in [-0.4, -0.2) is 129 Å². The zero-order valence-electron chi connectivity index (χ0n) is 35.5. The van der Waals surface area contributed by atoms with Crippen LogP contribution in [-0.2, 0) is 139 Å². The van der Waals surface area contributed by atoms with Crippen LogP contribution in [0.3, 0.4) is 0 Å². The summed E-state index contributed by atoms with van der Waals surface area (Å²) in [5.41, 5.74) is 8.01. The van der Waals surface area contributed by atoms with E-state index in [2.05, 4.69) is 137 Å². The van der Waals surface area contributed by atoms with Crippen LogP contribution < -0.4 is 0 Å². The minimum Gasteiger partial charge on any atom is -2.00 e. The van der Waals surface area contributed by atoms with Gasteiger partial charge in [0.15, 0.2) is 0 Å². The molecular weight excluding hydrogens is 965 g/mol. The molecule has 0 unspecified atom stereocenters. The molecule has 56 heavy (non-hydrogen) atoms. The monoisotopic (exact) mass is 1030 g/mol. The van der Waals surface area contributed by atoms with Crippen LogP contribution in [0.5, 0.6) is 0 Å². The van der Waals surface area contributed by atoms with Gasteiger partial charge in [0, 0.05) is 78.5 Å². The Hall–Kier alpha value is 0.761. The van der Waals surface area contributed by atoms with E-state index in [1.165, 1.54) is 33.4 Å². The molecule has 0 aliphatic carbocycles. The third kappa shape index (κ3) is 24.3. The van der Waals surface area contributed by atoms with Crippen molar-refractivity contribution in [2.24, 2.45) is 0 Å². The maximum absolute atomic E-state index is 6.13. The Labute approximate surface area is 397 Å². The number of likely N-dealkylation sites (N-methyl/N-ethyl adjacent to an activating group) is 6. The van der Waals surface area contributed by atoms with Crippen LogP contribution in [0, 0.1) is 0 Å². The molecule has 1 aliphatic rings. The number of nitrogens with zero attached hydrogens (tertiary/aromatic N) is 6. The fourth-order valence-corrected chi connectivity index (χ4v) is 6.41. The Morgan fingerprint density at radius 3 is 0.768 bits per heavy atom. The zero-order valence-corrected chi connectivity index (χ0v) is 42.7. The fourth-order valence-electron chi connectivity index (χ4n) is 5.91. The molecule has 0 amide bonds. The summed E-state index contributed by atoms with van der Waals surface area (Å²) in [4.78, 5) is 16.7. The Morgan fingerprint density at radius 1 is 0.446 bits per heavy atom. The first kappa shape index (κ1) is 68.5. The molecule has 0 atom stereocenters. The maximum Gasteiger partial charge on any atom is 4.00 e. The van der Waals surface area contributed by atoms with Gasteiger partial charge in [-0.15, -0.1) is 23.2 Å². The second kappa shape index (κ2) is 32.5. The Morgan fingerprint density at radius 2 is 0.607 bits per heavy atom. The topological polar surface area (TPSA) is 133 Å². The summed E-state index contributed by atoms with van der Waals surface area (Å²) in [6.45, 7) is 25.4. The third-order valence-electron chi connectivity index (χ3n) is 9.43. The number of rotatable bonds is 0. The van der Waals surface area contributed by atoms with E-state index in [1.807, 2.05) is 0 Å². The Balaban J connectivity index is -0.000000605. The Bertz CT molecular complexity index is 1160. The van der Waals surface area contributed by atoms with E-state index in [0.29, 0.717) is 0 Å². The second-order valence-electron chi connectivity index (χ2n) is 16.4. The maximum atomic E-state index is 6.13. The number of alkyl halides is 2. The normalized spacial score (nSPS) is 16.8. The van der Waals surface area contributed by atoms with Gasteiger partial charge in [0.2, 0.25) is 0 Å². The van der Waals surface area contributed by atoms with E-state index in [-0.39, 0.29) is 92.7 Å². The molecule has 0 radical (unpaired) electrons. The van der Waals surface area contributed by atoms with Gasteiger partial charge in [-0.1, -0.05) is 88.1 Å². The smallest absolute Gasteiger partial charge is 2.00 e. The summed E-state index contributed by atoms with van der Waals surface area (Å²) in [6.07, 6.45) is 0. The van der Waals surface area contributed by atoms with Crippen molar-refractivity contribution in [3.8, 4) is 0 Å². The van der Waals surface area contributed by atoms with Gasteiger partial charge in [0.25, 0.3) is 0 Å². The van der Waals surface area contributed by atoms with Crippen LogP contribution in [0.25, 0.3) is 0 Å². The number of benzene rings is 2. The standard InChI is InChI=1S/C38H66N6S2.CH2Cl2.2Co.Mo.4O/c1-37(2,3)33-21-29-25-41(9)17-13-39(7)15-19-43(11)27-31-23-34(38(4,5)6)24-32(36(31)46)28-44(12)20-16-40(8)14-18-42(10)26-30(22-33)35(29)45;2-1-3;;;;;;;/h21-24,45-46H,13-20,25-28H2,1-12H3;1H2;;;;;;;/q;;2*+3;+4;4*-2/p-2. The van der Waals surface area contributed by atoms with Crippen molar-refractivity contribution in [2.45, 2.75) is 88.3 Å². The molecule has 0 spiro atoms. The van der Waals surface area contributed by atoms with Crippen molar-refractivity contribution >= 4 is 48.5 Å². The number of halogens is 2. The molecule has 1 aliphatic heterocycles. The fraction of sp³-hybridized carbons (Fsp3) is 0.692. The zero-order chi connectivity index (χ0) is 37.1. The first-order valence-electron chi connectivity index (χ1n) is 17.6. The van der Waals surface area contributed by atoms with E-state index in [9.17, 15) is 0 Å². The van der Waals surface area contributed by atoms with Gasteiger partial charge in [-0.25, -0.2) is 0 Å². The van der Waals surface area contributed by atoms with Gasteiger partial charge in [0.05, 0.1) is 5.34 Å². The molecule has 3 rings (SSSR count). The molecule has 2 aromatic carbocycles. The molecule has 0 aromatic heterocycles. The predicted molar refractivity (Wildman–Crippen MR) is 221 cm³/mol. The van der Waals surface area contributed by atoms with Crippen molar-refractivity contribution in [3.05, 3.63) is 57.6 Å². The van der Waals surface area contributed by atoms with Crippen molar-refractivity contribution in [1.29, 1.82) is 0 Å². The molecule has 4 bridgehead atoms. The van der Waals surface area contributed by atoms with E-state index < -0.39 is 0 Å². The minimum absolute atomic E-state index is 0. The summed E-state index contributed by atoms with van der Waals surface area (Å²) in [5, 5.41) is 0.194. The Kier molecular flexibility index (Phi) is 39.7. The SMILES string of the molecule is CN1CCN(C)Cc2cc(C(C)(C)C)cc(c2[S-])CN(C)CCN(C)CCN(C)Cc2cc(C(C)(C)C)cc(c2[S-])CN(C)CC1.ClCCl.[Co+3].[Co+3].[Mo+4].[O-2].[O-2].[O-2].[O-2]. The molecular formula is C39H66Cl2Co2MoN6O4S2. The van der Waals surface area contributed by atoms with Crippen molar-refractivity contribution < 1.29 is 76.5 Å². The van der Waals surface area contributed by atoms with Gasteiger partial charge in [-0.3, -0.25) is 0 Å². The van der Waals surface area contributed by atoms with E-state index in [1.54, 1.807) is 0 Å². The summed E-state index contributed by atoms with van der Waals surface area (Å²) in [6, 6.07) is 9.46. The molecule has 0 saturated heterocycles. The molecule has 0 saturated carbocycles. The summed E-state index contributed by atoms with van der Waals surface area (Å²) < 4.78 is 0. The van der Waals surface area contributed by atoms with Gasteiger partial charge in [0.1, 0.15) is 0 Å². The largest absolute Gasteiger partial charge is 4.00 e. The van der Waals surface area contributed by atoms with Crippen LogP contribution in [0.2, 0.25) is 0 Å². The van der Waals surface area contributed by atoms with Gasteiger partial charge in [-0.05, 0) is 64.2 Å². The van der Waals surface area contributed by atoms with Crippen molar-refractivity contribution in [1.82, 2.24) is 29.4 Å². The first-order valence-corrected chi connectivity index (χ1v) is 19.5. The minimum atomic E-state index is 0. The molecule has 10 nitrogen and oxygen atoms in total. The third-order valence-corrected chi connectivity index (χ3v) is 10.5. The second-order valence-corrected chi connectivity index (χ2v) is 18.0. The predicted octanol–water partition coefficient (Wildman–Crippen LogP) is 6.34. The summed E-state index contributed by atoms with van der Waals surface area (Å²) >= 11 is 21.8. The molecule has 2 aromatic rings. The molecule has 326 valence electrons. The van der Waals surface area contributed by atoms with Crippen LogP contribution in [0.15, 0.2) is 34.1 Å². The molecule has 17 heteroatoms. The van der Waals surface area contributed by atoms with Gasteiger partial charge >= 0.3 is 54.6 Å². The average molecular weight is 1030 g/mol. The number of hydrogen-bond donors (Lipinski definition) is 0. The van der Waals surface area contributed by atoms with E-state index >= 15 is 0 Å². The van der Waals surface area contributed by atoms with Crippen LogP contribution in [0.4, 0.5) is 0 Å². The van der Waals surface area contributed by atoms with Gasteiger partial charge < -0.3 is 76.6 Å². The quantitative estimate of drug-likeness (QED) is 0.170. The molecule has 0 fully saturated rings. The molecule has 0 N–H and O–H groups in total.